The molecule has 0 atom stereocenters. The Morgan fingerprint density at radius 3 is 2.29 bits per heavy atom. The lowest BCUT2D eigenvalue weighted by molar-refractivity contribution is -0.120. The summed E-state index contributed by atoms with van der Waals surface area (Å²) in [6.07, 6.45) is -4.21. The summed E-state index contributed by atoms with van der Waals surface area (Å²) < 4.78 is 37.4. The normalized spacial score (nSPS) is 11.9. The van der Waals surface area contributed by atoms with Crippen LogP contribution >= 0.6 is 0 Å². The lowest BCUT2D eigenvalue weighted by atomic mass is 10.1. The first kappa shape index (κ1) is 13.7. The van der Waals surface area contributed by atoms with E-state index in [9.17, 15) is 13.2 Å². The van der Waals surface area contributed by atoms with E-state index in [-0.39, 0.29) is 6.04 Å². The SMILES string of the molecule is Cc1cc(N(CC(F)(F)F)C(C)C)ccc1N. The fraction of sp³-hybridized carbons (Fsp3) is 0.500. The van der Waals surface area contributed by atoms with Gasteiger partial charge in [-0.25, -0.2) is 0 Å². The molecule has 0 aliphatic carbocycles. The molecular weight excluding hydrogens is 229 g/mol. The smallest absolute Gasteiger partial charge is 0.399 e. The molecule has 0 spiro atoms. The molecule has 1 aromatic carbocycles. The Morgan fingerprint density at radius 2 is 1.88 bits per heavy atom. The molecule has 0 saturated heterocycles. The number of nitrogens with two attached hydrogens (primary N) is 1. The molecule has 0 aliphatic rings. The van der Waals surface area contributed by atoms with Crippen molar-refractivity contribution in [3.8, 4) is 0 Å². The maximum Gasteiger partial charge on any atom is 0.405 e. The molecule has 0 saturated carbocycles. The van der Waals surface area contributed by atoms with Gasteiger partial charge in [0.2, 0.25) is 0 Å². The standard InChI is InChI=1S/C12H17F3N2/c1-8(2)17(7-12(13,14)15)10-4-5-11(16)9(3)6-10/h4-6,8H,7,16H2,1-3H3. The number of hydrogen-bond donors (Lipinski definition) is 1. The quantitative estimate of drug-likeness (QED) is 0.829. The van der Waals surface area contributed by atoms with Crippen LogP contribution in [0.1, 0.15) is 19.4 Å². The van der Waals surface area contributed by atoms with Gasteiger partial charge in [0.1, 0.15) is 6.54 Å². The van der Waals surface area contributed by atoms with E-state index in [1.807, 2.05) is 0 Å². The fourth-order valence-corrected chi connectivity index (χ4v) is 1.60. The molecule has 1 aromatic rings. The number of rotatable bonds is 3. The minimum Gasteiger partial charge on any atom is -0.399 e. The Labute approximate surface area is 99.2 Å². The topological polar surface area (TPSA) is 29.3 Å². The van der Waals surface area contributed by atoms with Crippen molar-refractivity contribution >= 4 is 11.4 Å². The van der Waals surface area contributed by atoms with Gasteiger partial charge in [0, 0.05) is 17.4 Å². The molecule has 0 aromatic heterocycles. The summed E-state index contributed by atoms with van der Waals surface area (Å²) in [7, 11) is 0. The highest BCUT2D eigenvalue weighted by molar-refractivity contribution is 5.58. The van der Waals surface area contributed by atoms with Crippen LogP contribution < -0.4 is 10.6 Å². The van der Waals surface area contributed by atoms with Gasteiger partial charge in [0.15, 0.2) is 0 Å². The van der Waals surface area contributed by atoms with Crippen LogP contribution in [-0.2, 0) is 0 Å². The van der Waals surface area contributed by atoms with Gasteiger partial charge in [-0.05, 0) is 44.5 Å². The zero-order valence-corrected chi connectivity index (χ0v) is 10.2. The largest absolute Gasteiger partial charge is 0.405 e. The van der Waals surface area contributed by atoms with Crippen LogP contribution in [0.2, 0.25) is 0 Å². The van der Waals surface area contributed by atoms with E-state index in [1.54, 1.807) is 39.0 Å². The first-order valence-electron chi connectivity index (χ1n) is 5.40. The number of halogens is 3. The molecule has 0 bridgehead atoms. The monoisotopic (exact) mass is 246 g/mol. The molecule has 96 valence electrons. The molecule has 5 heteroatoms. The molecule has 2 N–H and O–H groups in total. The summed E-state index contributed by atoms with van der Waals surface area (Å²) in [4.78, 5) is 1.31. The van der Waals surface area contributed by atoms with Crippen molar-refractivity contribution in [1.29, 1.82) is 0 Å². The van der Waals surface area contributed by atoms with Gasteiger partial charge in [0.05, 0.1) is 0 Å². The second-order valence-electron chi connectivity index (χ2n) is 4.38. The Kier molecular flexibility index (Phi) is 3.91. The lowest BCUT2D eigenvalue weighted by Gasteiger charge is -2.30. The van der Waals surface area contributed by atoms with Crippen molar-refractivity contribution in [1.82, 2.24) is 0 Å². The second-order valence-corrected chi connectivity index (χ2v) is 4.38. The maximum atomic E-state index is 12.5. The van der Waals surface area contributed by atoms with Crippen LogP contribution in [-0.4, -0.2) is 18.8 Å². The van der Waals surface area contributed by atoms with E-state index in [2.05, 4.69) is 0 Å². The number of benzene rings is 1. The summed E-state index contributed by atoms with van der Waals surface area (Å²) in [6.45, 7) is 4.30. The van der Waals surface area contributed by atoms with Crippen molar-refractivity contribution in [3.63, 3.8) is 0 Å². The second kappa shape index (κ2) is 4.85. The first-order valence-corrected chi connectivity index (χ1v) is 5.40. The van der Waals surface area contributed by atoms with E-state index in [0.717, 1.165) is 5.56 Å². The van der Waals surface area contributed by atoms with Crippen molar-refractivity contribution in [3.05, 3.63) is 23.8 Å². The van der Waals surface area contributed by atoms with E-state index in [0.29, 0.717) is 11.4 Å². The van der Waals surface area contributed by atoms with Crippen molar-refractivity contribution < 1.29 is 13.2 Å². The minimum absolute atomic E-state index is 0.223. The van der Waals surface area contributed by atoms with E-state index in [4.69, 9.17) is 5.73 Å². The Morgan fingerprint density at radius 1 is 1.29 bits per heavy atom. The van der Waals surface area contributed by atoms with Gasteiger partial charge in [-0.15, -0.1) is 0 Å². The van der Waals surface area contributed by atoms with E-state index < -0.39 is 12.7 Å². The molecule has 0 aliphatic heterocycles. The van der Waals surface area contributed by atoms with Crippen molar-refractivity contribution in [2.24, 2.45) is 0 Å². The highest BCUT2D eigenvalue weighted by atomic mass is 19.4. The van der Waals surface area contributed by atoms with Crippen LogP contribution in [0.4, 0.5) is 24.5 Å². The van der Waals surface area contributed by atoms with Gasteiger partial charge in [0.25, 0.3) is 0 Å². The number of alkyl halides is 3. The van der Waals surface area contributed by atoms with Crippen LogP contribution in [0.25, 0.3) is 0 Å². The molecule has 0 unspecified atom stereocenters. The van der Waals surface area contributed by atoms with Crippen molar-refractivity contribution in [2.75, 3.05) is 17.2 Å². The highest BCUT2D eigenvalue weighted by Gasteiger charge is 2.32. The fourth-order valence-electron chi connectivity index (χ4n) is 1.60. The number of nitrogens with zero attached hydrogens (tertiary/aromatic N) is 1. The van der Waals surface area contributed by atoms with E-state index >= 15 is 0 Å². The van der Waals surface area contributed by atoms with Crippen LogP contribution in [0.5, 0.6) is 0 Å². The summed E-state index contributed by atoms with van der Waals surface area (Å²) in [6, 6.07) is 4.71. The first-order chi connectivity index (χ1) is 7.70. The maximum absolute atomic E-state index is 12.5. The lowest BCUT2D eigenvalue weighted by Crippen LogP contribution is -2.39. The molecule has 0 heterocycles. The molecule has 17 heavy (non-hydrogen) atoms. The summed E-state index contributed by atoms with van der Waals surface area (Å²) >= 11 is 0. The van der Waals surface area contributed by atoms with Gasteiger partial charge in [-0.2, -0.15) is 13.2 Å². The number of hydrogen-bond acceptors (Lipinski definition) is 2. The Balaban J connectivity index is 3.02. The molecule has 0 fully saturated rings. The zero-order chi connectivity index (χ0) is 13.2. The third-order valence-electron chi connectivity index (χ3n) is 2.56. The molecule has 0 radical (unpaired) electrons. The Hall–Kier alpha value is -1.39. The van der Waals surface area contributed by atoms with Gasteiger partial charge >= 0.3 is 6.18 Å². The van der Waals surface area contributed by atoms with Gasteiger partial charge in [-0.3, -0.25) is 0 Å². The average Bonchev–Trinajstić information content (AvgIpc) is 2.17. The number of anilines is 2. The molecule has 2 nitrogen and oxygen atoms in total. The van der Waals surface area contributed by atoms with Gasteiger partial charge < -0.3 is 10.6 Å². The highest BCUT2D eigenvalue weighted by Crippen LogP contribution is 2.26. The summed E-state index contributed by atoms with van der Waals surface area (Å²) in [5.74, 6) is 0. The number of nitrogen functional groups attached to an aromatic ring is 1. The third kappa shape index (κ3) is 3.84. The predicted molar refractivity (Wildman–Crippen MR) is 64.1 cm³/mol. The predicted octanol–water partition coefficient (Wildman–Crippen LogP) is 3.35. The van der Waals surface area contributed by atoms with Crippen LogP contribution in [0, 0.1) is 6.92 Å². The minimum atomic E-state index is -4.21. The third-order valence-corrected chi connectivity index (χ3v) is 2.56. The van der Waals surface area contributed by atoms with Crippen molar-refractivity contribution in [2.45, 2.75) is 33.0 Å². The summed E-state index contributed by atoms with van der Waals surface area (Å²) in [5, 5.41) is 0. The number of aryl methyl sites for hydroxylation is 1. The van der Waals surface area contributed by atoms with E-state index in [1.165, 1.54) is 4.90 Å². The van der Waals surface area contributed by atoms with Crippen LogP contribution in [0.3, 0.4) is 0 Å². The Bertz CT molecular complexity index is 386. The zero-order valence-electron chi connectivity index (χ0n) is 10.2. The summed E-state index contributed by atoms with van der Waals surface area (Å²) in [5.41, 5.74) is 7.57. The molecule has 1 rings (SSSR count). The molecular formula is C12H17F3N2. The van der Waals surface area contributed by atoms with Gasteiger partial charge in [-0.1, -0.05) is 0 Å². The average molecular weight is 246 g/mol. The van der Waals surface area contributed by atoms with Crippen LogP contribution in [0.15, 0.2) is 18.2 Å². The molecule has 0 amide bonds.